The standard InChI is InChI=1S/C13H16N4O4/c18-9-5-13(7-15-9)1-3-17(4-2-13)11(20)8-6-14-12(21)16-10(8)19/h6H,1-5,7H2,(H,15,18)(H2,14,16,19,21). The van der Waals surface area contributed by atoms with Gasteiger partial charge in [0.1, 0.15) is 5.56 Å². The second-order valence-electron chi connectivity index (χ2n) is 5.73. The van der Waals surface area contributed by atoms with Gasteiger partial charge in [0.15, 0.2) is 0 Å². The third kappa shape index (κ3) is 2.48. The highest BCUT2D eigenvalue weighted by atomic mass is 16.2. The summed E-state index contributed by atoms with van der Waals surface area (Å²) in [6, 6.07) is 0. The molecule has 0 aliphatic carbocycles. The summed E-state index contributed by atoms with van der Waals surface area (Å²) in [5.74, 6) is -0.327. The van der Waals surface area contributed by atoms with E-state index in [1.54, 1.807) is 4.90 Å². The number of carbonyl (C=O) groups is 2. The SMILES string of the molecule is O=C1CC2(CCN(C(=O)c3c[nH]c(=O)[nH]c3=O)CC2)CN1. The molecule has 0 unspecified atom stereocenters. The van der Waals surface area contributed by atoms with Crippen LogP contribution in [-0.4, -0.2) is 46.3 Å². The minimum Gasteiger partial charge on any atom is -0.356 e. The normalized spacial score (nSPS) is 20.6. The van der Waals surface area contributed by atoms with Crippen molar-refractivity contribution in [2.45, 2.75) is 19.3 Å². The van der Waals surface area contributed by atoms with Crippen LogP contribution in [0.15, 0.2) is 15.8 Å². The Labute approximate surface area is 119 Å². The second kappa shape index (κ2) is 4.87. The number of aromatic amines is 2. The van der Waals surface area contributed by atoms with E-state index in [-0.39, 0.29) is 22.8 Å². The van der Waals surface area contributed by atoms with E-state index in [2.05, 4.69) is 10.3 Å². The van der Waals surface area contributed by atoms with E-state index in [4.69, 9.17) is 0 Å². The number of hydrogen-bond donors (Lipinski definition) is 3. The first kappa shape index (κ1) is 13.6. The van der Waals surface area contributed by atoms with Gasteiger partial charge in [0.05, 0.1) is 0 Å². The van der Waals surface area contributed by atoms with Gasteiger partial charge in [-0.15, -0.1) is 0 Å². The van der Waals surface area contributed by atoms with Gasteiger partial charge in [-0.3, -0.25) is 19.4 Å². The second-order valence-corrected chi connectivity index (χ2v) is 5.73. The van der Waals surface area contributed by atoms with Crippen LogP contribution < -0.4 is 16.6 Å². The molecule has 2 saturated heterocycles. The number of rotatable bonds is 1. The lowest BCUT2D eigenvalue weighted by molar-refractivity contribution is -0.119. The summed E-state index contributed by atoms with van der Waals surface area (Å²) in [6.07, 6.45) is 3.13. The van der Waals surface area contributed by atoms with Crippen molar-refractivity contribution in [1.82, 2.24) is 20.2 Å². The lowest BCUT2D eigenvalue weighted by Crippen LogP contribution is -2.45. The molecule has 0 atom stereocenters. The third-order valence-corrected chi connectivity index (χ3v) is 4.36. The molecule has 3 heterocycles. The molecule has 112 valence electrons. The molecule has 8 nitrogen and oxygen atoms in total. The van der Waals surface area contributed by atoms with E-state index in [9.17, 15) is 19.2 Å². The maximum absolute atomic E-state index is 12.3. The molecule has 3 rings (SSSR count). The first-order valence-corrected chi connectivity index (χ1v) is 6.87. The zero-order chi connectivity index (χ0) is 15.0. The van der Waals surface area contributed by atoms with Gasteiger partial charge >= 0.3 is 5.69 Å². The maximum Gasteiger partial charge on any atom is 0.325 e. The summed E-state index contributed by atoms with van der Waals surface area (Å²) >= 11 is 0. The van der Waals surface area contributed by atoms with Crippen molar-refractivity contribution in [2.75, 3.05) is 19.6 Å². The summed E-state index contributed by atoms with van der Waals surface area (Å²) in [4.78, 5) is 52.2. The molecular formula is C13H16N4O4. The fourth-order valence-corrected chi connectivity index (χ4v) is 3.03. The van der Waals surface area contributed by atoms with E-state index >= 15 is 0 Å². The Kier molecular flexibility index (Phi) is 3.15. The quantitative estimate of drug-likeness (QED) is 0.603. The summed E-state index contributed by atoms with van der Waals surface area (Å²) in [5, 5.41) is 2.83. The highest BCUT2D eigenvalue weighted by molar-refractivity contribution is 5.93. The molecule has 3 N–H and O–H groups in total. The molecule has 2 fully saturated rings. The molecule has 21 heavy (non-hydrogen) atoms. The zero-order valence-corrected chi connectivity index (χ0v) is 11.4. The number of hydrogen-bond acceptors (Lipinski definition) is 4. The van der Waals surface area contributed by atoms with Crippen LogP contribution in [0.5, 0.6) is 0 Å². The van der Waals surface area contributed by atoms with Crippen molar-refractivity contribution >= 4 is 11.8 Å². The van der Waals surface area contributed by atoms with Crippen molar-refractivity contribution in [2.24, 2.45) is 5.41 Å². The van der Waals surface area contributed by atoms with Crippen molar-refractivity contribution in [1.29, 1.82) is 0 Å². The smallest absolute Gasteiger partial charge is 0.325 e. The van der Waals surface area contributed by atoms with Crippen LogP contribution >= 0.6 is 0 Å². The number of nitrogens with one attached hydrogen (secondary N) is 3. The molecule has 8 heteroatoms. The molecular weight excluding hydrogens is 276 g/mol. The lowest BCUT2D eigenvalue weighted by Gasteiger charge is -2.38. The van der Waals surface area contributed by atoms with Crippen molar-refractivity contribution in [3.63, 3.8) is 0 Å². The van der Waals surface area contributed by atoms with Crippen LogP contribution in [0.3, 0.4) is 0 Å². The number of amides is 2. The summed E-state index contributed by atoms with van der Waals surface area (Å²) in [5.41, 5.74) is -1.43. The molecule has 0 bridgehead atoms. The molecule has 0 saturated carbocycles. The summed E-state index contributed by atoms with van der Waals surface area (Å²) in [6.45, 7) is 1.67. The largest absolute Gasteiger partial charge is 0.356 e. The average molecular weight is 292 g/mol. The predicted molar refractivity (Wildman–Crippen MR) is 72.9 cm³/mol. The molecule has 2 amide bonds. The average Bonchev–Trinajstić information content (AvgIpc) is 2.80. The Hall–Kier alpha value is -2.38. The Morgan fingerprint density at radius 2 is 1.90 bits per heavy atom. The Morgan fingerprint density at radius 3 is 2.48 bits per heavy atom. The topological polar surface area (TPSA) is 115 Å². The lowest BCUT2D eigenvalue weighted by atomic mass is 9.77. The number of nitrogens with zero attached hydrogens (tertiary/aromatic N) is 1. The van der Waals surface area contributed by atoms with Crippen LogP contribution in [0.4, 0.5) is 0 Å². The molecule has 2 aliphatic rings. The first-order chi connectivity index (χ1) is 9.99. The Bertz CT molecular complexity index is 697. The van der Waals surface area contributed by atoms with E-state index in [1.807, 2.05) is 4.98 Å². The van der Waals surface area contributed by atoms with E-state index in [1.165, 1.54) is 0 Å². The zero-order valence-electron chi connectivity index (χ0n) is 11.4. The van der Waals surface area contributed by atoms with E-state index < -0.39 is 11.2 Å². The van der Waals surface area contributed by atoms with Crippen molar-refractivity contribution in [3.8, 4) is 0 Å². The fraction of sp³-hybridized carbons (Fsp3) is 0.538. The van der Waals surface area contributed by atoms with Crippen molar-refractivity contribution in [3.05, 3.63) is 32.6 Å². The van der Waals surface area contributed by atoms with Crippen LogP contribution in [0.1, 0.15) is 29.6 Å². The minimum atomic E-state index is -0.679. The van der Waals surface area contributed by atoms with Gasteiger partial charge in [0.25, 0.3) is 11.5 Å². The van der Waals surface area contributed by atoms with Crippen molar-refractivity contribution < 1.29 is 9.59 Å². The van der Waals surface area contributed by atoms with Gasteiger partial charge in [0, 0.05) is 32.3 Å². The van der Waals surface area contributed by atoms with Crippen LogP contribution in [0.25, 0.3) is 0 Å². The van der Waals surface area contributed by atoms with Crippen LogP contribution in [0, 0.1) is 5.41 Å². The van der Waals surface area contributed by atoms with Gasteiger partial charge < -0.3 is 15.2 Å². The van der Waals surface area contributed by atoms with E-state index in [0.717, 1.165) is 19.0 Å². The maximum atomic E-state index is 12.3. The Morgan fingerprint density at radius 1 is 1.19 bits per heavy atom. The van der Waals surface area contributed by atoms with Gasteiger partial charge in [0.2, 0.25) is 5.91 Å². The molecule has 0 aromatic carbocycles. The monoisotopic (exact) mass is 292 g/mol. The molecule has 1 aromatic rings. The summed E-state index contributed by atoms with van der Waals surface area (Å²) < 4.78 is 0. The fourth-order valence-electron chi connectivity index (χ4n) is 3.03. The van der Waals surface area contributed by atoms with Gasteiger partial charge in [-0.25, -0.2) is 4.79 Å². The molecule has 0 radical (unpaired) electrons. The number of likely N-dealkylation sites (tertiary alicyclic amines) is 1. The Balaban J connectivity index is 1.72. The van der Waals surface area contributed by atoms with Gasteiger partial charge in [-0.2, -0.15) is 0 Å². The first-order valence-electron chi connectivity index (χ1n) is 6.87. The van der Waals surface area contributed by atoms with Crippen LogP contribution in [0.2, 0.25) is 0 Å². The molecule has 2 aliphatic heterocycles. The minimum absolute atomic E-state index is 0.0503. The predicted octanol–water partition coefficient (Wildman–Crippen LogP) is -1.19. The summed E-state index contributed by atoms with van der Waals surface area (Å²) in [7, 11) is 0. The van der Waals surface area contributed by atoms with Crippen LogP contribution in [-0.2, 0) is 4.79 Å². The van der Waals surface area contributed by atoms with E-state index in [0.29, 0.717) is 26.1 Å². The molecule has 1 spiro atoms. The third-order valence-electron chi connectivity index (χ3n) is 4.36. The number of H-pyrrole nitrogens is 2. The highest BCUT2D eigenvalue weighted by Crippen LogP contribution is 2.37. The molecule has 1 aromatic heterocycles. The highest BCUT2D eigenvalue weighted by Gasteiger charge is 2.41. The van der Waals surface area contributed by atoms with Gasteiger partial charge in [-0.1, -0.05) is 0 Å². The number of aromatic nitrogens is 2. The van der Waals surface area contributed by atoms with Gasteiger partial charge in [-0.05, 0) is 18.3 Å². The number of carbonyl (C=O) groups excluding carboxylic acids is 2. The number of piperidine rings is 1.